The molecule has 0 aliphatic rings. The van der Waals surface area contributed by atoms with Crippen LogP contribution in [-0.4, -0.2) is 38.5 Å². The van der Waals surface area contributed by atoms with Gasteiger partial charge in [0, 0.05) is 7.11 Å². The molecule has 0 fully saturated rings. The topological polar surface area (TPSA) is 40.6 Å². The molecule has 0 aromatic carbocycles. The van der Waals surface area contributed by atoms with Crippen LogP contribution in [0.2, 0.25) is 0 Å². The van der Waals surface area contributed by atoms with Gasteiger partial charge in [0.2, 0.25) is 5.95 Å². The minimum atomic E-state index is -0.515. The third-order valence-corrected chi connectivity index (χ3v) is 1.63. The van der Waals surface area contributed by atoms with Crippen molar-refractivity contribution in [1.29, 1.82) is 0 Å². The molecule has 1 aromatic rings. The molecule has 0 aliphatic carbocycles. The predicted octanol–water partition coefficient (Wildman–Crippen LogP) is 1.26. The van der Waals surface area contributed by atoms with E-state index in [-0.39, 0.29) is 0 Å². The fourth-order valence-electron chi connectivity index (χ4n) is 0.910. The van der Waals surface area contributed by atoms with Crippen LogP contribution < -0.4 is 4.74 Å². The van der Waals surface area contributed by atoms with Gasteiger partial charge in [0.1, 0.15) is 12.4 Å². The maximum Gasteiger partial charge on any atom is 0.213 e. The van der Waals surface area contributed by atoms with Crippen LogP contribution in [0.4, 0.5) is 4.39 Å². The summed E-state index contributed by atoms with van der Waals surface area (Å²) in [4.78, 5) is 3.45. The molecule has 1 rings (SSSR count). The highest BCUT2D eigenvalue weighted by Crippen LogP contribution is 2.07. The monoisotopic (exact) mass is 215 g/mol. The van der Waals surface area contributed by atoms with E-state index in [0.29, 0.717) is 32.2 Å². The van der Waals surface area contributed by atoms with Gasteiger partial charge in [0.05, 0.1) is 26.0 Å². The van der Waals surface area contributed by atoms with Gasteiger partial charge in [-0.2, -0.15) is 4.39 Å². The zero-order valence-electron chi connectivity index (χ0n) is 8.61. The molecule has 0 unspecified atom stereocenters. The van der Waals surface area contributed by atoms with Crippen molar-refractivity contribution in [3.63, 3.8) is 0 Å². The quantitative estimate of drug-likeness (QED) is 0.507. The number of hydrogen-bond acceptors (Lipinski definition) is 4. The molecular formula is C10H14FNO3. The summed E-state index contributed by atoms with van der Waals surface area (Å²) in [7, 11) is 1.62. The maximum atomic E-state index is 12.4. The lowest BCUT2D eigenvalue weighted by Crippen LogP contribution is -2.10. The Labute approximate surface area is 88.0 Å². The highest BCUT2D eigenvalue weighted by molar-refractivity contribution is 5.15. The number of pyridine rings is 1. The Balaban J connectivity index is 2.07. The summed E-state index contributed by atoms with van der Waals surface area (Å²) in [5.74, 6) is 0.0189. The minimum Gasteiger partial charge on any atom is -0.490 e. The number of nitrogens with zero attached hydrogens (tertiary/aromatic N) is 1. The number of aromatic nitrogens is 1. The molecule has 84 valence electrons. The molecule has 0 atom stereocenters. The van der Waals surface area contributed by atoms with Crippen LogP contribution in [0.15, 0.2) is 18.3 Å². The van der Waals surface area contributed by atoms with Crippen molar-refractivity contribution in [3.05, 3.63) is 24.3 Å². The summed E-state index contributed by atoms with van der Waals surface area (Å²) in [6.07, 6.45) is 1.34. The van der Waals surface area contributed by atoms with Gasteiger partial charge in [0.25, 0.3) is 0 Å². The third-order valence-electron chi connectivity index (χ3n) is 1.63. The minimum absolute atomic E-state index is 0.414. The second kappa shape index (κ2) is 7.14. The van der Waals surface area contributed by atoms with E-state index in [4.69, 9.17) is 14.2 Å². The number of hydrogen-bond donors (Lipinski definition) is 0. The number of methoxy groups -OCH3 is 1. The zero-order valence-corrected chi connectivity index (χ0v) is 8.61. The lowest BCUT2D eigenvalue weighted by atomic mass is 10.4. The summed E-state index contributed by atoms with van der Waals surface area (Å²) < 4.78 is 27.6. The first kappa shape index (κ1) is 11.9. The maximum absolute atomic E-state index is 12.4. The van der Waals surface area contributed by atoms with E-state index in [1.54, 1.807) is 7.11 Å². The fraction of sp³-hybridized carbons (Fsp3) is 0.500. The molecule has 0 bridgehead atoms. The van der Waals surface area contributed by atoms with Crippen molar-refractivity contribution in [1.82, 2.24) is 4.98 Å². The SMILES string of the molecule is COCCOCCOc1ccc(F)nc1. The average Bonchev–Trinajstić information content (AvgIpc) is 2.26. The fourth-order valence-corrected chi connectivity index (χ4v) is 0.910. The Bertz CT molecular complexity index is 266. The van der Waals surface area contributed by atoms with Crippen LogP contribution in [0.5, 0.6) is 5.75 Å². The summed E-state index contributed by atoms with van der Waals surface area (Å²) in [6, 6.07) is 2.78. The lowest BCUT2D eigenvalue weighted by Gasteiger charge is -2.06. The van der Waals surface area contributed by atoms with Crippen molar-refractivity contribution in [3.8, 4) is 5.75 Å². The van der Waals surface area contributed by atoms with Gasteiger partial charge in [-0.3, -0.25) is 0 Å². The summed E-state index contributed by atoms with van der Waals surface area (Å²) >= 11 is 0. The third kappa shape index (κ3) is 5.29. The van der Waals surface area contributed by atoms with E-state index in [9.17, 15) is 4.39 Å². The Morgan fingerprint density at radius 2 is 2.00 bits per heavy atom. The largest absolute Gasteiger partial charge is 0.490 e. The van der Waals surface area contributed by atoms with Gasteiger partial charge < -0.3 is 14.2 Å². The number of ether oxygens (including phenoxy) is 3. The first-order chi connectivity index (χ1) is 7.33. The van der Waals surface area contributed by atoms with Crippen molar-refractivity contribution in [2.24, 2.45) is 0 Å². The van der Waals surface area contributed by atoms with Crippen LogP contribution in [0, 0.1) is 5.95 Å². The Morgan fingerprint density at radius 3 is 2.67 bits per heavy atom. The standard InChI is InChI=1S/C10H14FNO3/c1-13-4-5-14-6-7-15-9-2-3-10(11)12-8-9/h2-3,8H,4-7H2,1H3. The second-order valence-corrected chi connectivity index (χ2v) is 2.77. The molecule has 0 spiro atoms. The van der Waals surface area contributed by atoms with Gasteiger partial charge in [0.15, 0.2) is 0 Å². The Hall–Kier alpha value is -1.20. The predicted molar refractivity (Wildman–Crippen MR) is 52.4 cm³/mol. The number of rotatable bonds is 7. The van der Waals surface area contributed by atoms with E-state index >= 15 is 0 Å². The summed E-state index contributed by atoms with van der Waals surface area (Å²) in [5, 5.41) is 0. The van der Waals surface area contributed by atoms with Crippen molar-refractivity contribution in [2.45, 2.75) is 0 Å². The van der Waals surface area contributed by atoms with Crippen molar-refractivity contribution < 1.29 is 18.6 Å². The lowest BCUT2D eigenvalue weighted by molar-refractivity contribution is 0.0543. The van der Waals surface area contributed by atoms with Gasteiger partial charge in [-0.1, -0.05) is 0 Å². The van der Waals surface area contributed by atoms with Crippen molar-refractivity contribution >= 4 is 0 Å². The molecule has 0 aliphatic heterocycles. The summed E-state index contributed by atoms with van der Waals surface area (Å²) in [5.41, 5.74) is 0. The van der Waals surface area contributed by atoms with Gasteiger partial charge >= 0.3 is 0 Å². The van der Waals surface area contributed by atoms with Crippen LogP contribution in [0.1, 0.15) is 0 Å². The molecule has 0 N–H and O–H groups in total. The molecular weight excluding hydrogens is 201 g/mol. The molecule has 0 radical (unpaired) electrons. The molecule has 1 heterocycles. The number of halogens is 1. The second-order valence-electron chi connectivity index (χ2n) is 2.77. The average molecular weight is 215 g/mol. The van der Waals surface area contributed by atoms with E-state index in [2.05, 4.69) is 4.98 Å². The first-order valence-electron chi connectivity index (χ1n) is 4.64. The van der Waals surface area contributed by atoms with E-state index in [0.717, 1.165) is 0 Å². The van der Waals surface area contributed by atoms with Gasteiger partial charge in [-0.25, -0.2) is 4.98 Å². The van der Waals surface area contributed by atoms with E-state index in [1.165, 1.54) is 18.3 Å². The molecule has 4 nitrogen and oxygen atoms in total. The zero-order chi connectivity index (χ0) is 10.9. The molecule has 15 heavy (non-hydrogen) atoms. The van der Waals surface area contributed by atoms with Gasteiger partial charge in [-0.05, 0) is 12.1 Å². The Kier molecular flexibility index (Phi) is 5.65. The highest BCUT2D eigenvalue weighted by atomic mass is 19.1. The van der Waals surface area contributed by atoms with Crippen LogP contribution in [0.25, 0.3) is 0 Å². The van der Waals surface area contributed by atoms with E-state index in [1.807, 2.05) is 0 Å². The Morgan fingerprint density at radius 1 is 1.20 bits per heavy atom. The molecule has 1 aromatic heterocycles. The van der Waals surface area contributed by atoms with Crippen LogP contribution >= 0.6 is 0 Å². The molecule has 0 saturated carbocycles. The molecule has 0 saturated heterocycles. The highest BCUT2D eigenvalue weighted by Gasteiger charge is 1.95. The van der Waals surface area contributed by atoms with Crippen LogP contribution in [0.3, 0.4) is 0 Å². The first-order valence-corrected chi connectivity index (χ1v) is 4.64. The molecule has 0 amide bonds. The smallest absolute Gasteiger partial charge is 0.213 e. The van der Waals surface area contributed by atoms with Gasteiger partial charge in [-0.15, -0.1) is 0 Å². The molecule has 5 heteroatoms. The summed E-state index contributed by atoms with van der Waals surface area (Å²) in [6.45, 7) is 2.00. The van der Waals surface area contributed by atoms with Crippen molar-refractivity contribution in [2.75, 3.05) is 33.5 Å². The normalized spacial score (nSPS) is 10.3. The van der Waals surface area contributed by atoms with Crippen LogP contribution in [-0.2, 0) is 9.47 Å². The van der Waals surface area contributed by atoms with E-state index < -0.39 is 5.95 Å².